The molecule has 1 fully saturated rings. The predicted molar refractivity (Wildman–Crippen MR) is 72.0 cm³/mol. The van der Waals surface area contributed by atoms with Gasteiger partial charge in [-0.2, -0.15) is 0 Å². The summed E-state index contributed by atoms with van der Waals surface area (Å²) in [6, 6.07) is 9.20. The summed E-state index contributed by atoms with van der Waals surface area (Å²) in [6.07, 6.45) is 0.493. The number of para-hydroxylation sites is 1. The van der Waals surface area contributed by atoms with Crippen LogP contribution in [0.4, 0.5) is 10.5 Å². The molecule has 1 heterocycles. The highest BCUT2D eigenvalue weighted by Crippen LogP contribution is 2.23. The van der Waals surface area contributed by atoms with Gasteiger partial charge >= 0.3 is 6.09 Å². The molecule has 0 saturated carbocycles. The largest absolute Gasteiger partial charge is 0.465 e. The van der Waals surface area contributed by atoms with Gasteiger partial charge in [0.15, 0.2) is 0 Å². The van der Waals surface area contributed by atoms with Crippen molar-refractivity contribution in [2.24, 2.45) is 5.92 Å². The second-order valence-electron chi connectivity index (χ2n) is 4.91. The molecule has 0 radical (unpaired) electrons. The van der Waals surface area contributed by atoms with Gasteiger partial charge in [0.2, 0.25) is 5.91 Å². The van der Waals surface area contributed by atoms with E-state index < -0.39 is 6.09 Å². The van der Waals surface area contributed by atoms with Gasteiger partial charge in [-0.25, -0.2) is 4.79 Å². The van der Waals surface area contributed by atoms with Gasteiger partial charge in [0.1, 0.15) is 0 Å². The standard InChI is InChI=1S/C14H18N2O3/c1-10-7-8-11(9-16(10)14(18)19)13(17)15-12-5-3-2-4-6-12/h2-6,10-11H,7-9H2,1H3,(H,15,17)(H,18,19)/t10-,11+/m1/s1. The Morgan fingerprint density at radius 2 is 1.95 bits per heavy atom. The average molecular weight is 262 g/mol. The van der Waals surface area contributed by atoms with Crippen LogP contribution in [-0.2, 0) is 4.79 Å². The van der Waals surface area contributed by atoms with Crippen LogP contribution in [0, 0.1) is 5.92 Å². The quantitative estimate of drug-likeness (QED) is 0.859. The Balaban J connectivity index is 1.98. The smallest absolute Gasteiger partial charge is 0.407 e. The second kappa shape index (κ2) is 5.73. The Labute approximate surface area is 112 Å². The Bertz CT molecular complexity index is 461. The number of hydrogen-bond donors (Lipinski definition) is 2. The lowest BCUT2D eigenvalue weighted by Gasteiger charge is -2.35. The molecule has 2 amide bonds. The van der Waals surface area contributed by atoms with E-state index in [4.69, 9.17) is 5.11 Å². The lowest BCUT2D eigenvalue weighted by molar-refractivity contribution is -0.121. The zero-order chi connectivity index (χ0) is 13.8. The number of hydrogen-bond acceptors (Lipinski definition) is 2. The summed E-state index contributed by atoms with van der Waals surface area (Å²) in [5.41, 5.74) is 0.744. The molecule has 102 valence electrons. The first-order valence-corrected chi connectivity index (χ1v) is 6.43. The molecule has 5 nitrogen and oxygen atoms in total. The van der Waals surface area contributed by atoms with E-state index in [1.54, 1.807) is 0 Å². The minimum atomic E-state index is -0.954. The van der Waals surface area contributed by atoms with Gasteiger partial charge in [-0.05, 0) is 31.9 Å². The summed E-state index contributed by atoms with van der Waals surface area (Å²) in [7, 11) is 0. The topological polar surface area (TPSA) is 69.6 Å². The summed E-state index contributed by atoms with van der Waals surface area (Å²) in [5, 5.41) is 11.9. The van der Waals surface area contributed by atoms with Crippen LogP contribution in [0.25, 0.3) is 0 Å². The van der Waals surface area contributed by atoms with Gasteiger partial charge in [-0.15, -0.1) is 0 Å². The van der Waals surface area contributed by atoms with Crippen LogP contribution in [0.2, 0.25) is 0 Å². The SMILES string of the molecule is C[C@@H]1CC[C@H](C(=O)Nc2ccccc2)CN1C(=O)O. The van der Waals surface area contributed by atoms with E-state index in [9.17, 15) is 9.59 Å². The molecule has 5 heteroatoms. The molecule has 0 aromatic heterocycles. The Hall–Kier alpha value is -2.04. The van der Waals surface area contributed by atoms with Crippen LogP contribution >= 0.6 is 0 Å². The first-order valence-electron chi connectivity index (χ1n) is 6.43. The second-order valence-corrected chi connectivity index (χ2v) is 4.91. The zero-order valence-corrected chi connectivity index (χ0v) is 10.9. The van der Waals surface area contributed by atoms with E-state index in [1.165, 1.54) is 4.90 Å². The molecule has 1 aromatic carbocycles. The molecule has 19 heavy (non-hydrogen) atoms. The first-order chi connectivity index (χ1) is 9.08. The highest BCUT2D eigenvalue weighted by molar-refractivity contribution is 5.93. The summed E-state index contributed by atoms with van der Waals surface area (Å²) >= 11 is 0. The fourth-order valence-corrected chi connectivity index (χ4v) is 2.35. The van der Waals surface area contributed by atoms with Crippen LogP contribution in [-0.4, -0.2) is 34.6 Å². The summed E-state index contributed by atoms with van der Waals surface area (Å²) in [6.45, 7) is 2.15. The number of carbonyl (C=O) groups excluding carboxylic acids is 1. The van der Waals surface area contributed by atoms with Crippen molar-refractivity contribution < 1.29 is 14.7 Å². The van der Waals surface area contributed by atoms with E-state index in [0.717, 1.165) is 18.5 Å². The number of amides is 2. The molecule has 2 atom stereocenters. The minimum absolute atomic E-state index is 0.0155. The summed E-state index contributed by atoms with van der Waals surface area (Å²) in [5.74, 6) is -0.378. The molecular weight excluding hydrogens is 244 g/mol. The van der Waals surface area contributed by atoms with Gasteiger partial charge in [0, 0.05) is 18.3 Å². The van der Waals surface area contributed by atoms with E-state index in [2.05, 4.69) is 5.32 Å². The van der Waals surface area contributed by atoms with Crippen molar-refractivity contribution >= 4 is 17.7 Å². The van der Waals surface area contributed by atoms with Crippen molar-refractivity contribution in [1.29, 1.82) is 0 Å². The van der Waals surface area contributed by atoms with Crippen LogP contribution in [0.15, 0.2) is 30.3 Å². The van der Waals surface area contributed by atoms with Crippen molar-refractivity contribution in [3.05, 3.63) is 30.3 Å². The van der Waals surface area contributed by atoms with Crippen molar-refractivity contribution in [3.8, 4) is 0 Å². The van der Waals surface area contributed by atoms with Gasteiger partial charge in [-0.1, -0.05) is 18.2 Å². The average Bonchev–Trinajstić information content (AvgIpc) is 2.40. The van der Waals surface area contributed by atoms with Crippen molar-refractivity contribution in [3.63, 3.8) is 0 Å². The molecule has 0 spiro atoms. The van der Waals surface area contributed by atoms with Crippen molar-refractivity contribution in [1.82, 2.24) is 4.90 Å². The number of nitrogens with zero attached hydrogens (tertiary/aromatic N) is 1. The number of carbonyl (C=O) groups is 2. The molecule has 1 aliphatic heterocycles. The fraction of sp³-hybridized carbons (Fsp3) is 0.429. The molecule has 1 aromatic rings. The third kappa shape index (κ3) is 3.24. The number of benzene rings is 1. The molecule has 1 aliphatic rings. The predicted octanol–water partition coefficient (Wildman–Crippen LogP) is 2.40. The number of rotatable bonds is 2. The van der Waals surface area contributed by atoms with Crippen LogP contribution in [0.3, 0.4) is 0 Å². The lowest BCUT2D eigenvalue weighted by Crippen LogP contribution is -2.47. The molecule has 1 saturated heterocycles. The number of likely N-dealkylation sites (tertiary alicyclic amines) is 1. The monoisotopic (exact) mass is 262 g/mol. The maximum atomic E-state index is 12.1. The third-order valence-electron chi connectivity index (χ3n) is 3.54. The molecule has 0 unspecified atom stereocenters. The lowest BCUT2D eigenvalue weighted by atomic mass is 9.93. The molecule has 0 bridgehead atoms. The Morgan fingerprint density at radius 3 is 2.58 bits per heavy atom. The van der Waals surface area contributed by atoms with E-state index in [0.29, 0.717) is 0 Å². The number of anilines is 1. The summed E-state index contributed by atoms with van der Waals surface area (Å²) < 4.78 is 0. The first kappa shape index (κ1) is 13.4. The van der Waals surface area contributed by atoms with Crippen LogP contribution in [0.1, 0.15) is 19.8 Å². The number of piperidine rings is 1. The number of carboxylic acid groups (broad SMARTS) is 1. The van der Waals surface area contributed by atoms with Crippen molar-refractivity contribution in [2.75, 3.05) is 11.9 Å². The maximum Gasteiger partial charge on any atom is 0.407 e. The zero-order valence-electron chi connectivity index (χ0n) is 10.9. The molecular formula is C14H18N2O3. The van der Waals surface area contributed by atoms with Crippen LogP contribution < -0.4 is 5.32 Å². The van der Waals surface area contributed by atoms with E-state index >= 15 is 0 Å². The summed E-state index contributed by atoms with van der Waals surface area (Å²) in [4.78, 5) is 24.5. The normalized spacial score (nSPS) is 22.9. The third-order valence-corrected chi connectivity index (χ3v) is 3.54. The minimum Gasteiger partial charge on any atom is -0.465 e. The van der Waals surface area contributed by atoms with Gasteiger partial charge < -0.3 is 15.3 Å². The van der Waals surface area contributed by atoms with Crippen molar-refractivity contribution in [2.45, 2.75) is 25.8 Å². The molecule has 2 rings (SSSR count). The molecule has 0 aliphatic carbocycles. The highest BCUT2D eigenvalue weighted by Gasteiger charge is 2.32. The van der Waals surface area contributed by atoms with E-state index in [1.807, 2.05) is 37.3 Å². The van der Waals surface area contributed by atoms with Crippen LogP contribution in [0.5, 0.6) is 0 Å². The Kier molecular flexibility index (Phi) is 4.04. The Morgan fingerprint density at radius 1 is 1.26 bits per heavy atom. The van der Waals surface area contributed by atoms with Gasteiger partial charge in [0.05, 0.1) is 5.92 Å². The van der Waals surface area contributed by atoms with Gasteiger partial charge in [0.25, 0.3) is 0 Å². The highest BCUT2D eigenvalue weighted by atomic mass is 16.4. The van der Waals surface area contributed by atoms with E-state index in [-0.39, 0.29) is 24.4 Å². The fourth-order valence-electron chi connectivity index (χ4n) is 2.35. The van der Waals surface area contributed by atoms with Gasteiger partial charge in [-0.3, -0.25) is 4.79 Å². The maximum absolute atomic E-state index is 12.1. The number of nitrogens with one attached hydrogen (secondary N) is 1. The molecule has 2 N–H and O–H groups in total.